The Hall–Kier alpha value is -2.73. The fourth-order valence-electron chi connectivity index (χ4n) is 3.00. The summed E-state index contributed by atoms with van der Waals surface area (Å²) in [4.78, 5) is 29.5. The predicted octanol–water partition coefficient (Wildman–Crippen LogP) is 4.22. The second kappa shape index (κ2) is 7.72. The van der Waals surface area contributed by atoms with Crippen molar-refractivity contribution in [2.45, 2.75) is 39.7 Å². The van der Waals surface area contributed by atoms with Gasteiger partial charge in [-0.25, -0.2) is 0 Å². The SMILES string of the molecule is COC(=O)Cn1c(=NC(=O)c2ccc(C(C)(C)C)cc2)sc2cccc(C)c21. The number of methoxy groups -OCH3 is 1. The summed E-state index contributed by atoms with van der Waals surface area (Å²) in [6.07, 6.45) is 0. The summed E-state index contributed by atoms with van der Waals surface area (Å²) in [5.41, 5.74) is 3.60. The first-order chi connectivity index (χ1) is 13.2. The van der Waals surface area contributed by atoms with Gasteiger partial charge < -0.3 is 9.30 Å². The van der Waals surface area contributed by atoms with E-state index in [9.17, 15) is 9.59 Å². The predicted molar refractivity (Wildman–Crippen MR) is 112 cm³/mol. The van der Waals surface area contributed by atoms with Crippen molar-refractivity contribution in [2.24, 2.45) is 4.99 Å². The van der Waals surface area contributed by atoms with Crippen molar-refractivity contribution in [3.05, 3.63) is 64.0 Å². The van der Waals surface area contributed by atoms with Gasteiger partial charge in [0.25, 0.3) is 5.91 Å². The van der Waals surface area contributed by atoms with Crippen LogP contribution in [0.2, 0.25) is 0 Å². The molecule has 5 nitrogen and oxygen atoms in total. The van der Waals surface area contributed by atoms with Crippen LogP contribution >= 0.6 is 11.3 Å². The number of carbonyl (C=O) groups excluding carboxylic acids is 2. The molecule has 0 saturated carbocycles. The van der Waals surface area contributed by atoms with Crippen LogP contribution in [0.15, 0.2) is 47.5 Å². The van der Waals surface area contributed by atoms with Gasteiger partial charge in [-0.15, -0.1) is 0 Å². The molecule has 0 atom stereocenters. The zero-order chi connectivity index (χ0) is 20.5. The van der Waals surface area contributed by atoms with Gasteiger partial charge in [-0.05, 0) is 41.7 Å². The smallest absolute Gasteiger partial charge is 0.325 e. The summed E-state index contributed by atoms with van der Waals surface area (Å²) in [5.74, 6) is -0.713. The minimum absolute atomic E-state index is 0.0103. The van der Waals surface area contributed by atoms with E-state index >= 15 is 0 Å². The van der Waals surface area contributed by atoms with Gasteiger partial charge >= 0.3 is 5.97 Å². The molecule has 1 heterocycles. The number of esters is 1. The second-order valence-electron chi connectivity index (χ2n) is 7.71. The Balaban J connectivity index is 2.08. The van der Waals surface area contributed by atoms with Crippen LogP contribution in [-0.4, -0.2) is 23.6 Å². The summed E-state index contributed by atoms with van der Waals surface area (Å²) in [7, 11) is 1.35. The van der Waals surface area contributed by atoms with Crippen LogP contribution in [0.25, 0.3) is 10.2 Å². The number of ether oxygens (including phenoxy) is 1. The molecule has 0 saturated heterocycles. The molecule has 1 aromatic heterocycles. The molecular weight excluding hydrogens is 372 g/mol. The van der Waals surface area contributed by atoms with Gasteiger partial charge in [0.1, 0.15) is 6.54 Å². The van der Waals surface area contributed by atoms with Gasteiger partial charge in [-0.1, -0.05) is 56.4 Å². The molecule has 146 valence electrons. The number of aromatic nitrogens is 1. The third-order valence-corrected chi connectivity index (χ3v) is 5.66. The van der Waals surface area contributed by atoms with E-state index < -0.39 is 0 Å². The van der Waals surface area contributed by atoms with E-state index in [1.807, 2.05) is 37.3 Å². The molecule has 0 unspecified atom stereocenters. The minimum Gasteiger partial charge on any atom is -0.468 e. The zero-order valence-corrected chi connectivity index (χ0v) is 17.6. The first-order valence-electron chi connectivity index (χ1n) is 9.06. The van der Waals surface area contributed by atoms with E-state index in [1.54, 1.807) is 16.7 Å². The highest BCUT2D eigenvalue weighted by atomic mass is 32.1. The number of para-hydroxylation sites is 1. The summed E-state index contributed by atoms with van der Waals surface area (Å²) < 4.78 is 7.54. The molecule has 1 amide bonds. The van der Waals surface area contributed by atoms with Crippen LogP contribution in [0.5, 0.6) is 0 Å². The quantitative estimate of drug-likeness (QED) is 0.623. The molecule has 0 fully saturated rings. The summed E-state index contributed by atoms with van der Waals surface area (Å²) in [6, 6.07) is 13.4. The second-order valence-corrected chi connectivity index (χ2v) is 8.72. The maximum absolute atomic E-state index is 12.8. The van der Waals surface area contributed by atoms with Crippen LogP contribution in [0.1, 0.15) is 42.3 Å². The molecular formula is C22H24N2O3S. The molecule has 0 radical (unpaired) electrons. The third kappa shape index (κ3) is 4.07. The van der Waals surface area contributed by atoms with E-state index in [0.717, 1.165) is 21.3 Å². The number of hydrogen-bond acceptors (Lipinski definition) is 4. The van der Waals surface area contributed by atoms with E-state index in [-0.39, 0.29) is 23.8 Å². The Kier molecular flexibility index (Phi) is 5.52. The number of hydrogen-bond donors (Lipinski definition) is 0. The molecule has 3 aromatic rings. The normalized spacial score (nSPS) is 12.4. The Labute approximate surface area is 168 Å². The molecule has 0 spiro atoms. The molecule has 3 rings (SSSR count). The van der Waals surface area contributed by atoms with E-state index in [4.69, 9.17) is 4.74 Å². The number of nitrogens with zero attached hydrogens (tertiary/aromatic N) is 2. The molecule has 0 N–H and O–H groups in total. The number of amides is 1. The molecule has 0 aliphatic carbocycles. The van der Waals surface area contributed by atoms with Crippen LogP contribution < -0.4 is 4.80 Å². The van der Waals surface area contributed by atoms with Gasteiger partial charge in [-0.2, -0.15) is 4.99 Å². The van der Waals surface area contributed by atoms with Gasteiger partial charge in [0.05, 0.1) is 17.3 Å². The summed E-state index contributed by atoms with van der Waals surface area (Å²) in [6.45, 7) is 8.37. The molecule has 0 aliphatic rings. The largest absolute Gasteiger partial charge is 0.468 e. The molecule has 6 heteroatoms. The summed E-state index contributed by atoms with van der Waals surface area (Å²) >= 11 is 1.39. The standard InChI is InChI=1S/C22H24N2O3S/c1-14-7-6-8-17-19(14)24(13-18(25)27-5)21(28-17)23-20(26)15-9-11-16(12-10-15)22(2,3)4/h6-12H,13H2,1-5H3. The van der Waals surface area contributed by atoms with Crippen molar-refractivity contribution in [3.8, 4) is 0 Å². The van der Waals surface area contributed by atoms with Crippen molar-refractivity contribution in [2.75, 3.05) is 7.11 Å². The minimum atomic E-state index is -0.383. The topological polar surface area (TPSA) is 60.7 Å². The van der Waals surface area contributed by atoms with Gasteiger partial charge in [0, 0.05) is 5.56 Å². The van der Waals surface area contributed by atoms with Crippen molar-refractivity contribution < 1.29 is 14.3 Å². The Morgan fingerprint density at radius 3 is 2.39 bits per heavy atom. The number of thiazole rings is 1. The maximum Gasteiger partial charge on any atom is 0.325 e. The van der Waals surface area contributed by atoms with Crippen LogP contribution in [0.4, 0.5) is 0 Å². The number of carbonyl (C=O) groups is 2. The number of benzene rings is 2. The first kappa shape index (κ1) is 20.0. The highest BCUT2D eigenvalue weighted by Gasteiger charge is 2.16. The average Bonchev–Trinajstić information content (AvgIpc) is 2.99. The van der Waals surface area contributed by atoms with E-state index in [1.165, 1.54) is 18.4 Å². The van der Waals surface area contributed by atoms with Crippen molar-refractivity contribution >= 4 is 33.4 Å². The fraction of sp³-hybridized carbons (Fsp3) is 0.318. The highest BCUT2D eigenvalue weighted by Crippen LogP contribution is 2.23. The van der Waals surface area contributed by atoms with Gasteiger partial charge in [0.2, 0.25) is 0 Å². The fourth-order valence-corrected chi connectivity index (χ4v) is 4.10. The number of aryl methyl sites for hydroxylation is 1. The number of rotatable bonds is 3. The molecule has 28 heavy (non-hydrogen) atoms. The lowest BCUT2D eigenvalue weighted by Gasteiger charge is -2.18. The highest BCUT2D eigenvalue weighted by molar-refractivity contribution is 7.16. The Morgan fingerprint density at radius 1 is 1.11 bits per heavy atom. The van der Waals surface area contributed by atoms with Crippen LogP contribution in [0, 0.1) is 6.92 Å². The van der Waals surface area contributed by atoms with Crippen molar-refractivity contribution in [3.63, 3.8) is 0 Å². The van der Waals surface area contributed by atoms with Crippen molar-refractivity contribution in [1.29, 1.82) is 0 Å². The lowest BCUT2D eigenvalue weighted by atomic mass is 9.87. The molecule has 0 bridgehead atoms. The van der Waals surface area contributed by atoms with Crippen molar-refractivity contribution in [1.82, 2.24) is 4.57 Å². The monoisotopic (exact) mass is 396 g/mol. The Bertz CT molecular complexity index is 1100. The summed E-state index contributed by atoms with van der Waals surface area (Å²) in [5, 5.41) is 0. The van der Waals surface area contributed by atoms with Crippen LogP contribution in [0.3, 0.4) is 0 Å². The number of fused-ring (bicyclic) bond motifs is 1. The van der Waals surface area contributed by atoms with Gasteiger partial charge in [0.15, 0.2) is 4.80 Å². The van der Waals surface area contributed by atoms with Crippen LogP contribution in [-0.2, 0) is 21.5 Å². The van der Waals surface area contributed by atoms with E-state index in [0.29, 0.717) is 10.4 Å². The third-order valence-electron chi connectivity index (χ3n) is 4.61. The average molecular weight is 397 g/mol. The zero-order valence-electron chi connectivity index (χ0n) is 16.8. The lowest BCUT2D eigenvalue weighted by molar-refractivity contribution is -0.141. The van der Waals surface area contributed by atoms with Gasteiger partial charge in [-0.3, -0.25) is 9.59 Å². The maximum atomic E-state index is 12.8. The molecule has 2 aromatic carbocycles. The van der Waals surface area contributed by atoms with E-state index in [2.05, 4.69) is 25.8 Å². The first-order valence-corrected chi connectivity index (χ1v) is 9.87. The lowest BCUT2D eigenvalue weighted by Crippen LogP contribution is -2.22. The Morgan fingerprint density at radius 2 is 1.79 bits per heavy atom. The molecule has 0 aliphatic heterocycles.